The fourth-order valence-corrected chi connectivity index (χ4v) is 3.06. The summed E-state index contributed by atoms with van der Waals surface area (Å²) in [4.78, 5) is 0. The lowest BCUT2D eigenvalue weighted by Crippen LogP contribution is -2.45. The largest absolute Gasteiger partial charge is 0.271 e. The Morgan fingerprint density at radius 2 is 2.06 bits per heavy atom. The molecule has 0 aliphatic heterocycles. The summed E-state index contributed by atoms with van der Waals surface area (Å²) in [6, 6.07) is 9.27. The van der Waals surface area contributed by atoms with Gasteiger partial charge in [-0.25, -0.2) is 0 Å². The van der Waals surface area contributed by atoms with Gasteiger partial charge in [0.05, 0.1) is 0 Å². The molecule has 100 valence electrons. The molecule has 18 heavy (non-hydrogen) atoms. The molecular formula is C16H26N2. The zero-order valence-electron chi connectivity index (χ0n) is 11.9. The lowest BCUT2D eigenvalue weighted by atomic mass is 9.75. The van der Waals surface area contributed by atoms with E-state index in [4.69, 9.17) is 5.84 Å². The highest BCUT2D eigenvalue weighted by Gasteiger charge is 2.29. The molecule has 0 heterocycles. The SMILES string of the molecule is CC(C)(C)C(CC1CCCc2ccccc21)NN. The summed E-state index contributed by atoms with van der Waals surface area (Å²) in [5.41, 5.74) is 6.32. The lowest BCUT2D eigenvalue weighted by molar-refractivity contribution is 0.238. The number of hydrogen-bond donors (Lipinski definition) is 2. The molecule has 3 N–H and O–H groups in total. The third-order valence-corrected chi connectivity index (χ3v) is 4.26. The lowest BCUT2D eigenvalue weighted by Gasteiger charge is -2.35. The summed E-state index contributed by atoms with van der Waals surface area (Å²) in [5.74, 6) is 6.41. The van der Waals surface area contributed by atoms with Crippen molar-refractivity contribution < 1.29 is 0 Å². The van der Waals surface area contributed by atoms with Gasteiger partial charge in [-0.15, -0.1) is 0 Å². The van der Waals surface area contributed by atoms with E-state index in [1.54, 1.807) is 11.1 Å². The number of nitrogens with one attached hydrogen (secondary N) is 1. The maximum Gasteiger partial charge on any atom is 0.0264 e. The normalized spacial score (nSPS) is 21.4. The molecule has 2 heteroatoms. The van der Waals surface area contributed by atoms with Crippen LogP contribution in [0, 0.1) is 5.41 Å². The summed E-state index contributed by atoms with van der Waals surface area (Å²) >= 11 is 0. The Hall–Kier alpha value is -0.860. The molecule has 1 aromatic carbocycles. The predicted molar refractivity (Wildman–Crippen MR) is 77.3 cm³/mol. The molecule has 0 bridgehead atoms. The quantitative estimate of drug-likeness (QED) is 0.634. The monoisotopic (exact) mass is 246 g/mol. The van der Waals surface area contributed by atoms with Crippen molar-refractivity contribution in [3.8, 4) is 0 Å². The van der Waals surface area contributed by atoms with Gasteiger partial charge in [0, 0.05) is 6.04 Å². The van der Waals surface area contributed by atoms with Gasteiger partial charge >= 0.3 is 0 Å². The van der Waals surface area contributed by atoms with Gasteiger partial charge < -0.3 is 0 Å². The van der Waals surface area contributed by atoms with E-state index in [-0.39, 0.29) is 5.41 Å². The second-order valence-corrected chi connectivity index (χ2v) is 6.61. The molecule has 0 spiro atoms. The summed E-state index contributed by atoms with van der Waals surface area (Å²) in [5, 5.41) is 0. The number of rotatable bonds is 3. The van der Waals surface area contributed by atoms with Crippen LogP contribution in [-0.4, -0.2) is 6.04 Å². The molecule has 2 nitrogen and oxygen atoms in total. The van der Waals surface area contributed by atoms with E-state index in [2.05, 4.69) is 50.5 Å². The van der Waals surface area contributed by atoms with Crippen LogP contribution >= 0.6 is 0 Å². The average molecular weight is 246 g/mol. The number of aryl methyl sites for hydroxylation is 1. The van der Waals surface area contributed by atoms with Crippen LogP contribution in [-0.2, 0) is 6.42 Å². The molecular weight excluding hydrogens is 220 g/mol. The molecule has 0 radical (unpaired) electrons. The number of hydrogen-bond acceptors (Lipinski definition) is 2. The van der Waals surface area contributed by atoms with Crippen LogP contribution in [0.4, 0.5) is 0 Å². The first-order chi connectivity index (χ1) is 8.52. The van der Waals surface area contributed by atoms with Crippen molar-refractivity contribution in [2.45, 2.75) is 58.4 Å². The van der Waals surface area contributed by atoms with Crippen LogP contribution in [0.5, 0.6) is 0 Å². The van der Waals surface area contributed by atoms with Crippen LogP contribution in [0.2, 0.25) is 0 Å². The van der Waals surface area contributed by atoms with Crippen LogP contribution in [0.1, 0.15) is 57.1 Å². The van der Waals surface area contributed by atoms with Crippen molar-refractivity contribution >= 4 is 0 Å². The molecule has 2 unspecified atom stereocenters. The third kappa shape index (κ3) is 2.93. The Morgan fingerprint density at radius 3 is 2.72 bits per heavy atom. The molecule has 1 aliphatic rings. The summed E-state index contributed by atoms with van der Waals surface area (Å²) in [6.45, 7) is 6.77. The Balaban J connectivity index is 2.16. The second kappa shape index (κ2) is 5.41. The summed E-state index contributed by atoms with van der Waals surface area (Å²) in [6.07, 6.45) is 4.98. The van der Waals surface area contributed by atoms with E-state index < -0.39 is 0 Å². The summed E-state index contributed by atoms with van der Waals surface area (Å²) in [7, 11) is 0. The van der Waals surface area contributed by atoms with E-state index in [0.717, 1.165) is 6.42 Å². The third-order valence-electron chi connectivity index (χ3n) is 4.26. The minimum atomic E-state index is 0.209. The second-order valence-electron chi connectivity index (χ2n) is 6.61. The first-order valence-electron chi connectivity index (χ1n) is 7.06. The van der Waals surface area contributed by atoms with Gasteiger partial charge in [0.2, 0.25) is 0 Å². The van der Waals surface area contributed by atoms with Crippen LogP contribution in [0.25, 0.3) is 0 Å². The van der Waals surface area contributed by atoms with Gasteiger partial charge in [-0.2, -0.15) is 0 Å². The molecule has 0 amide bonds. The highest BCUT2D eigenvalue weighted by Crippen LogP contribution is 2.37. The molecule has 1 aromatic rings. The minimum Gasteiger partial charge on any atom is -0.271 e. The van der Waals surface area contributed by atoms with Crippen LogP contribution in [0.3, 0.4) is 0 Å². The average Bonchev–Trinajstić information content (AvgIpc) is 2.34. The molecule has 0 fully saturated rings. The van der Waals surface area contributed by atoms with Gasteiger partial charge in [-0.1, -0.05) is 45.0 Å². The Kier molecular flexibility index (Phi) is 4.08. The maximum atomic E-state index is 5.75. The van der Waals surface area contributed by atoms with Crippen LogP contribution in [0.15, 0.2) is 24.3 Å². The van der Waals surface area contributed by atoms with E-state index in [0.29, 0.717) is 12.0 Å². The zero-order chi connectivity index (χ0) is 13.2. The molecule has 0 saturated heterocycles. The van der Waals surface area contributed by atoms with Crippen LogP contribution < -0.4 is 11.3 Å². The van der Waals surface area contributed by atoms with E-state index >= 15 is 0 Å². The highest BCUT2D eigenvalue weighted by molar-refractivity contribution is 5.32. The molecule has 0 aromatic heterocycles. The number of nitrogens with two attached hydrogens (primary N) is 1. The maximum absolute atomic E-state index is 5.75. The molecule has 2 atom stereocenters. The number of hydrazine groups is 1. The van der Waals surface area contributed by atoms with Crippen molar-refractivity contribution in [2.75, 3.05) is 0 Å². The molecule has 1 aliphatic carbocycles. The predicted octanol–water partition coefficient (Wildman–Crippen LogP) is 3.37. The minimum absolute atomic E-state index is 0.209. The van der Waals surface area contributed by atoms with Gasteiger partial charge in [-0.05, 0) is 48.1 Å². The van der Waals surface area contributed by atoms with E-state index in [1.165, 1.54) is 19.3 Å². The van der Waals surface area contributed by atoms with Crippen molar-refractivity contribution in [3.63, 3.8) is 0 Å². The standard InChI is InChI=1S/C16H26N2/c1-16(2,3)15(18-17)11-13-9-6-8-12-7-4-5-10-14(12)13/h4-5,7,10,13,15,18H,6,8-9,11,17H2,1-3H3. The smallest absolute Gasteiger partial charge is 0.0264 e. The Morgan fingerprint density at radius 1 is 1.33 bits per heavy atom. The van der Waals surface area contributed by atoms with Gasteiger partial charge in [0.1, 0.15) is 0 Å². The van der Waals surface area contributed by atoms with Gasteiger partial charge in [0.15, 0.2) is 0 Å². The van der Waals surface area contributed by atoms with E-state index in [1.807, 2.05) is 0 Å². The van der Waals surface area contributed by atoms with Crippen molar-refractivity contribution in [1.29, 1.82) is 0 Å². The van der Waals surface area contributed by atoms with Crippen molar-refractivity contribution in [2.24, 2.45) is 11.3 Å². The first-order valence-corrected chi connectivity index (χ1v) is 7.06. The van der Waals surface area contributed by atoms with E-state index in [9.17, 15) is 0 Å². The Labute approximate surface area is 111 Å². The topological polar surface area (TPSA) is 38.0 Å². The summed E-state index contributed by atoms with van der Waals surface area (Å²) < 4.78 is 0. The first kappa shape index (κ1) is 13.6. The van der Waals surface area contributed by atoms with Gasteiger partial charge in [-0.3, -0.25) is 11.3 Å². The zero-order valence-corrected chi connectivity index (χ0v) is 11.9. The number of benzene rings is 1. The number of fused-ring (bicyclic) bond motifs is 1. The highest BCUT2D eigenvalue weighted by atomic mass is 15.2. The fourth-order valence-electron chi connectivity index (χ4n) is 3.06. The van der Waals surface area contributed by atoms with Crippen molar-refractivity contribution in [1.82, 2.24) is 5.43 Å². The fraction of sp³-hybridized carbons (Fsp3) is 0.625. The molecule has 2 rings (SSSR count). The Bertz CT molecular complexity index is 392. The molecule has 0 saturated carbocycles. The van der Waals surface area contributed by atoms with Crippen molar-refractivity contribution in [3.05, 3.63) is 35.4 Å². The van der Waals surface area contributed by atoms with Gasteiger partial charge in [0.25, 0.3) is 0 Å².